The molecule has 0 spiro atoms. The lowest BCUT2D eigenvalue weighted by Crippen LogP contribution is -2.10. The van der Waals surface area contributed by atoms with E-state index in [0.29, 0.717) is 12.5 Å². The van der Waals surface area contributed by atoms with Gasteiger partial charge in [-0.1, -0.05) is 37.6 Å². The third kappa shape index (κ3) is 3.46. The molecule has 1 fully saturated rings. The van der Waals surface area contributed by atoms with Crippen molar-refractivity contribution in [3.63, 3.8) is 0 Å². The Hall–Kier alpha value is -1.77. The summed E-state index contributed by atoms with van der Waals surface area (Å²) in [7, 11) is 1.63. The molecule has 1 aromatic rings. The molecule has 0 aromatic heterocycles. The molecular weight excluding hydrogens is 264 g/mol. The molecular formula is C18H24O3. The van der Waals surface area contributed by atoms with Crippen LogP contribution in [0.25, 0.3) is 0 Å². The van der Waals surface area contributed by atoms with Crippen molar-refractivity contribution in [2.45, 2.75) is 34.3 Å². The second kappa shape index (κ2) is 5.92. The first-order valence-corrected chi connectivity index (χ1v) is 7.31. The number of esters is 1. The first-order chi connectivity index (χ1) is 9.86. The maximum Gasteiger partial charge on any atom is 0.310 e. The van der Waals surface area contributed by atoms with Gasteiger partial charge in [-0.2, -0.15) is 0 Å². The van der Waals surface area contributed by atoms with Crippen molar-refractivity contribution in [2.75, 3.05) is 7.11 Å². The van der Waals surface area contributed by atoms with E-state index in [1.807, 2.05) is 24.3 Å². The molecule has 0 saturated heterocycles. The molecule has 0 unspecified atom stereocenters. The van der Waals surface area contributed by atoms with Crippen molar-refractivity contribution in [1.29, 1.82) is 0 Å². The summed E-state index contributed by atoms with van der Waals surface area (Å²) in [5, 5.41) is 0. The van der Waals surface area contributed by atoms with Gasteiger partial charge in [-0.05, 0) is 42.9 Å². The van der Waals surface area contributed by atoms with Crippen LogP contribution in [0, 0.1) is 17.3 Å². The normalized spacial score (nSPS) is 22.3. The first-order valence-electron chi connectivity index (χ1n) is 7.31. The number of allylic oxidation sites excluding steroid dienone is 2. The van der Waals surface area contributed by atoms with Gasteiger partial charge in [0.25, 0.3) is 0 Å². The van der Waals surface area contributed by atoms with Crippen LogP contribution >= 0.6 is 0 Å². The van der Waals surface area contributed by atoms with Crippen LogP contribution in [-0.4, -0.2) is 13.1 Å². The number of rotatable bonds is 5. The number of carbonyl (C=O) groups excluding carboxylic acids is 1. The highest BCUT2D eigenvalue weighted by molar-refractivity contribution is 5.78. The summed E-state index contributed by atoms with van der Waals surface area (Å²) in [6.45, 7) is 8.69. The lowest BCUT2D eigenvalue weighted by atomic mass is 10.1. The summed E-state index contributed by atoms with van der Waals surface area (Å²) in [5.74, 6) is 0.979. The standard InChI is InChI=1S/C18H24O3/c1-12(2)10-15-16(18(15,3)4)17(19)21-11-13-6-8-14(20-5)9-7-13/h6-10,15-16H,11H2,1-5H3/t15-,16+/m1/s1. The zero-order valence-corrected chi connectivity index (χ0v) is 13.5. The summed E-state index contributed by atoms with van der Waals surface area (Å²) < 4.78 is 10.6. The predicted molar refractivity (Wildman–Crippen MR) is 83.0 cm³/mol. The molecule has 1 saturated carbocycles. The molecule has 0 bridgehead atoms. The highest BCUT2D eigenvalue weighted by atomic mass is 16.5. The van der Waals surface area contributed by atoms with E-state index in [4.69, 9.17) is 9.47 Å². The van der Waals surface area contributed by atoms with Gasteiger partial charge < -0.3 is 9.47 Å². The molecule has 3 heteroatoms. The molecule has 0 radical (unpaired) electrons. The minimum atomic E-state index is -0.0988. The zero-order valence-electron chi connectivity index (χ0n) is 13.5. The van der Waals surface area contributed by atoms with Crippen LogP contribution in [0.4, 0.5) is 0 Å². The average Bonchev–Trinajstić information content (AvgIpc) is 2.97. The van der Waals surface area contributed by atoms with Gasteiger partial charge in [0.2, 0.25) is 0 Å². The molecule has 0 amide bonds. The Morgan fingerprint density at radius 2 is 1.86 bits per heavy atom. The molecule has 1 aliphatic rings. The first kappa shape index (κ1) is 15.6. The molecule has 1 aliphatic carbocycles. The van der Waals surface area contributed by atoms with E-state index in [1.54, 1.807) is 7.11 Å². The van der Waals surface area contributed by atoms with Crippen molar-refractivity contribution < 1.29 is 14.3 Å². The van der Waals surface area contributed by atoms with Crippen molar-refractivity contribution >= 4 is 5.97 Å². The van der Waals surface area contributed by atoms with Gasteiger partial charge in [0.05, 0.1) is 13.0 Å². The van der Waals surface area contributed by atoms with Crippen LogP contribution in [-0.2, 0) is 16.1 Å². The Morgan fingerprint density at radius 1 is 1.24 bits per heavy atom. The Bertz CT molecular complexity index is 536. The van der Waals surface area contributed by atoms with Crippen LogP contribution in [0.15, 0.2) is 35.9 Å². The number of benzene rings is 1. The lowest BCUT2D eigenvalue weighted by Gasteiger charge is -2.06. The van der Waals surface area contributed by atoms with E-state index in [2.05, 4.69) is 33.8 Å². The number of methoxy groups -OCH3 is 1. The van der Waals surface area contributed by atoms with Crippen LogP contribution in [0.2, 0.25) is 0 Å². The van der Waals surface area contributed by atoms with Gasteiger partial charge in [-0.3, -0.25) is 4.79 Å². The molecule has 2 rings (SSSR count). The summed E-state index contributed by atoms with van der Waals surface area (Å²) in [5.41, 5.74) is 2.23. The summed E-state index contributed by atoms with van der Waals surface area (Å²) >= 11 is 0. The highest BCUT2D eigenvalue weighted by Crippen LogP contribution is 2.59. The topological polar surface area (TPSA) is 35.5 Å². The fourth-order valence-corrected chi connectivity index (χ4v) is 2.76. The Labute approximate surface area is 127 Å². The van der Waals surface area contributed by atoms with Gasteiger partial charge in [0, 0.05) is 0 Å². The van der Waals surface area contributed by atoms with Gasteiger partial charge in [-0.15, -0.1) is 0 Å². The third-order valence-corrected chi connectivity index (χ3v) is 4.22. The Kier molecular flexibility index (Phi) is 4.40. The third-order valence-electron chi connectivity index (χ3n) is 4.22. The minimum Gasteiger partial charge on any atom is -0.497 e. The van der Waals surface area contributed by atoms with Gasteiger partial charge in [0.15, 0.2) is 0 Å². The molecule has 3 nitrogen and oxygen atoms in total. The number of hydrogen-bond donors (Lipinski definition) is 0. The van der Waals surface area contributed by atoms with Crippen LogP contribution in [0.1, 0.15) is 33.3 Å². The number of carbonyl (C=O) groups is 1. The predicted octanol–water partition coefficient (Wildman–Crippen LogP) is 3.98. The molecule has 2 atom stereocenters. The monoisotopic (exact) mass is 288 g/mol. The summed E-state index contributed by atoms with van der Waals surface area (Å²) in [6.07, 6.45) is 2.18. The van der Waals surface area contributed by atoms with Crippen LogP contribution in [0.5, 0.6) is 5.75 Å². The molecule has 21 heavy (non-hydrogen) atoms. The molecule has 0 N–H and O–H groups in total. The fraction of sp³-hybridized carbons (Fsp3) is 0.500. The van der Waals surface area contributed by atoms with E-state index in [1.165, 1.54) is 5.57 Å². The highest BCUT2D eigenvalue weighted by Gasteiger charge is 2.61. The van der Waals surface area contributed by atoms with E-state index in [9.17, 15) is 4.79 Å². The van der Waals surface area contributed by atoms with Crippen LogP contribution < -0.4 is 4.74 Å². The average molecular weight is 288 g/mol. The zero-order chi connectivity index (χ0) is 15.6. The fourth-order valence-electron chi connectivity index (χ4n) is 2.76. The van der Waals surface area contributed by atoms with Gasteiger partial charge in [-0.25, -0.2) is 0 Å². The summed E-state index contributed by atoms with van der Waals surface area (Å²) in [6, 6.07) is 7.57. The molecule has 0 heterocycles. The maximum atomic E-state index is 12.2. The van der Waals surface area contributed by atoms with Gasteiger partial charge >= 0.3 is 5.97 Å². The van der Waals surface area contributed by atoms with E-state index in [0.717, 1.165) is 11.3 Å². The lowest BCUT2D eigenvalue weighted by molar-refractivity contribution is -0.147. The van der Waals surface area contributed by atoms with E-state index >= 15 is 0 Å². The molecule has 1 aromatic carbocycles. The quantitative estimate of drug-likeness (QED) is 0.607. The minimum absolute atomic E-state index is 0.00820. The Morgan fingerprint density at radius 3 is 2.38 bits per heavy atom. The molecule has 114 valence electrons. The number of hydrogen-bond acceptors (Lipinski definition) is 3. The second-order valence-electron chi connectivity index (χ2n) is 6.52. The largest absolute Gasteiger partial charge is 0.497 e. The number of ether oxygens (including phenoxy) is 2. The molecule has 0 aliphatic heterocycles. The van der Waals surface area contributed by atoms with E-state index < -0.39 is 0 Å². The maximum absolute atomic E-state index is 12.2. The van der Waals surface area contributed by atoms with Gasteiger partial charge in [0.1, 0.15) is 12.4 Å². The van der Waals surface area contributed by atoms with Crippen molar-refractivity contribution in [3.8, 4) is 5.75 Å². The van der Waals surface area contributed by atoms with Crippen molar-refractivity contribution in [2.24, 2.45) is 17.3 Å². The van der Waals surface area contributed by atoms with Crippen molar-refractivity contribution in [3.05, 3.63) is 41.5 Å². The summed E-state index contributed by atoms with van der Waals surface area (Å²) in [4.78, 5) is 12.2. The van der Waals surface area contributed by atoms with E-state index in [-0.39, 0.29) is 17.3 Å². The van der Waals surface area contributed by atoms with Crippen molar-refractivity contribution in [1.82, 2.24) is 0 Å². The Balaban J connectivity index is 1.92. The van der Waals surface area contributed by atoms with Crippen LogP contribution in [0.3, 0.4) is 0 Å². The second-order valence-corrected chi connectivity index (χ2v) is 6.52. The SMILES string of the molecule is COc1ccc(COC(=O)[C@@H]2[C@@H](C=C(C)C)C2(C)C)cc1. The smallest absolute Gasteiger partial charge is 0.310 e.